The van der Waals surface area contributed by atoms with Crippen molar-refractivity contribution >= 4 is 11.0 Å². The topological polar surface area (TPSA) is 79.9 Å². The zero-order valence-corrected chi connectivity index (χ0v) is 13.9. The highest BCUT2D eigenvalue weighted by Gasteiger charge is 2.03. The van der Waals surface area contributed by atoms with Crippen LogP contribution in [0, 0.1) is 0 Å². The van der Waals surface area contributed by atoms with Gasteiger partial charge >= 0.3 is 5.63 Å². The Morgan fingerprint density at radius 3 is 2.75 bits per heavy atom. The van der Waals surface area contributed by atoms with Gasteiger partial charge in [-0.1, -0.05) is 11.6 Å². The molecule has 0 fully saturated rings. The lowest BCUT2D eigenvalue weighted by molar-refractivity contribution is 0.220. The number of fused-ring (bicyclic) bond motifs is 1. The summed E-state index contributed by atoms with van der Waals surface area (Å²) in [6.07, 6.45) is 3.39. The number of aliphatic hydroxyl groups excluding tert-OH is 2. The Morgan fingerprint density at radius 2 is 2.00 bits per heavy atom. The van der Waals surface area contributed by atoms with Crippen LogP contribution in [0.4, 0.5) is 0 Å². The largest absolute Gasteiger partial charge is 0.489 e. The van der Waals surface area contributed by atoms with Gasteiger partial charge in [0.15, 0.2) is 0 Å². The number of hydrogen-bond acceptors (Lipinski definition) is 5. The molecule has 2 aromatic rings. The van der Waals surface area contributed by atoms with Gasteiger partial charge in [-0.3, -0.25) is 0 Å². The van der Waals surface area contributed by atoms with Gasteiger partial charge in [-0.15, -0.1) is 0 Å². The van der Waals surface area contributed by atoms with E-state index in [1.54, 1.807) is 25.1 Å². The Bertz CT molecular complexity index is 801. The Morgan fingerprint density at radius 1 is 1.25 bits per heavy atom. The number of ether oxygens (including phenoxy) is 1. The van der Waals surface area contributed by atoms with E-state index in [0.29, 0.717) is 24.4 Å². The molecule has 0 saturated heterocycles. The SMILES string of the molecule is C/C(=C\[C@H](O)C/C(C)=C/COc1ccc2ccc(=O)oc2c1)CO. The van der Waals surface area contributed by atoms with E-state index >= 15 is 0 Å². The molecule has 5 nitrogen and oxygen atoms in total. The van der Waals surface area contributed by atoms with E-state index in [4.69, 9.17) is 14.3 Å². The molecule has 0 spiro atoms. The summed E-state index contributed by atoms with van der Waals surface area (Å²) in [5, 5.41) is 19.6. The van der Waals surface area contributed by atoms with Gasteiger partial charge in [0.05, 0.1) is 12.7 Å². The first-order valence-corrected chi connectivity index (χ1v) is 7.76. The quantitative estimate of drug-likeness (QED) is 0.603. The van der Waals surface area contributed by atoms with E-state index < -0.39 is 11.7 Å². The van der Waals surface area contributed by atoms with Crippen molar-refractivity contribution in [3.05, 3.63) is 64.1 Å². The second-order valence-electron chi connectivity index (χ2n) is 5.76. The van der Waals surface area contributed by atoms with Crippen LogP contribution in [-0.2, 0) is 0 Å². The third-order valence-corrected chi connectivity index (χ3v) is 3.53. The molecule has 0 unspecified atom stereocenters. The van der Waals surface area contributed by atoms with Crippen molar-refractivity contribution in [3.63, 3.8) is 0 Å². The highest BCUT2D eigenvalue weighted by Crippen LogP contribution is 2.19. The van der Waals surface area contributed by atoms with Crippen molar-refractivity contribution in [3.8, 4) is 5.75 Å². The Hall–Kier alpha value is -2.37. The van der Waals surface area contributed by atoms with Crippen LogP contribution in [0.1, 0.15) is 20.3 Å². The summed E-state index contributed by atoms with van der Waals surface area (Å²) in [6.45, 7) is 3.97. The predicted molar refractivity (Wildman–Crippen MR) is 93.2 cm³/mol. The summed E-state index contributed by atoms with van der Waals surface area (Å²) in [5.41, 5.74) is 1.82. The summed E-state index contributed by atoms with van der Waals surface area (Å²) >= 11 is 0. The normalized spacial score (nSPS) is 14.0. The molecule has 0 aliphatic carbocycles. The van der Waals surface area contributed by atoms with Crippen LogP contribution in [0.15, 0.2) is 62.8 Å². The van der Waals surface area contributed by atoms with Crippen LogP contribution in [-0.4, -0.2) is 29.5 Å². The summed E-state index contributed by atoms with van der Waals surface area (Å²) in [7, 11) is 0. The molecule has 0 bridgehead atoms. The molecular formula is C19H22O5. The summed E-state index contributed by atoms with van der Waals surface area (Å²) in [6, 6.07) is 8.41. The maximum atomic E-state index is 11.2. The molecule has 1 aromatic heterocycles. The van der Waals surface area contributed by atoms with Crippen LogP contribution >= 0.6 is 0 Å². The first-order valence-electron chi connectivity index (χ1n) is 7.76. The van der Waals surface area contributed by atoms with E-state index in [-0.39, 0.29) is 6.61 Å². The number of benzene rings is 1. The number of rotatable bonds is 7. The minimum absolute atomic E-state index is 0.0545. The standard InChI is InChI=1S/C19H22O5/c1-13(9-16(21)10-14(2)12-20)7-8-23-17-5-3-15-4-6-19(22)24-18(15)11-17/h3-7,10-11,16,20-21H,8-9,12H2,1-2H3/b13-7+,14-10+/t16-/m1/s1. The van der Waals surface area contributed by atoms with Gasteiger partial charge in [-0.25, -0.2) is 4.79 Å². The van der Waals surface area contributed by atoms with Crippen LogP contribution < -0.4 is 10.4 Å². The average molecular weight is 330 g/mol. The van der Waals surface area contributed by atoms with Crippen molar-refractivity contribution < 1.29 is 19.4 Å². The molecule has 2 rings (SSSR count). The third-order valence-electron chi connectivity index (χ3n) is 3.53. The van der Waals surface area contributed by atoms with Crippen molar-refractivity contribution in [2.24, 2.45) is 0 Å². The molecule has 2 N–H and O–H groups in total. The molecule has 0 radical (unpaired) electrons. The molecular weight excluding hydrogens is 308 g/mol. The summed E-state index contributed by atoms with van der Waals surface area (Å²) in [4.78, 5) is 11.2. The van der Waals surface area contributed by atoms with Gasteiger partial charge in [0, 0.05) is 17.5 Å². The fourth-order valence-corrected chi connectivity index (χ4v) is 2.26. The minimum Gasteiger partial charge on any atom is -0.489 e. The van der Waals surface area contributed by atoms with Crippen molar-refractivity contribution in [2.45, 2.75) is 26.4 Å². The Kier molecular flexibility index (Phi) is 6.35. The average Bonchev–Trinajstić information content (AvgIpc) is 2.54. The predicted octanol–water partition coefficient (Wildman–Crippen LogP) is 2.81. The molecule has 24 heavy (non-hydrogen) atoms. The molecule has 0 amide bonds. The third kappa shape index (κ3) is 5.37. The van der Waals surface area contributed by atoms with E-state index in [9.17, 15) is 9.90 Å². The van der Waals surface area contributed by atoms with Crippen LogP contribution in [0.3, 0.4) is 0 Å². The molecule has 1 heterocycles. The molecule has 0 aliphatic heterocycles. The zero-order valence-electron chi connectivity index (χ0n) is 13.9. The number of hydrogen-bond donors (Lipinski definition) is 2. The Balaban J connectivity index is 1.94. The maximum absolute atomic E-state index is 11.2. The second-order valence-corrected chi connectivity index (χ2v) is 5.76. The molecule has 1 aromatic carbocycles. The zero-order chi connectivity index (χ0) is 17.5. The number of aliphatic hydroxyl groups is 2. The van der Waals surface area contributed by atoms with Gasteiger partial charge < -0.3 is 19.4 Å². The summed E-state index contributed by atoms with van der Waals surface area (Å²) < 4.78 is 10.8. The van der Waals surface area contributed by atoms with Crippen molar-refractivity contribution in [1.82, 2.24) is 0 Å². The molecule has 1 atom stereocenters. The van der Waals surface area contributed by atoms with E-state index in [1.807, 2.05) is 25.1 Å². The lowest BCUT2D eigenvalue weighted by Crippen LogP contribution is -2.05. The first kappa shape index (κ1) is 18.0. The maximum Gasteiger partial charge on any atom is 0.336 e. The van der Waals surface area contributed by atoms with Crippen LogP contribution in [0.2, 0.25) is 0 Å². The van der Waals surface area contributed by atoms with Gasteiger partial charge in [-0.2, -0.15) is 0 Å². The van der Waals surface area contributed by atoms with Crippen LogP contribution in [0.5, 0.6) is 5.75 Å². The van der Waals surface area contributed by atoms with E-state index in [1.165, 1.54) is 6.07 Å². The fraction of sp³-hybridized carbons (Fsp3) is 0.316. The fourth-order valence-electron chi connectivity index (χ4n) is 2.26. The minimum atomic E-state index is -0.622. The lowest BCUT2D eigenvalue weighted by atomic mass is 10.1. The van der Waals surface area contributed by atoms with Crippen LogP contribution in [0.25, 0.3) is 11.0 Å². The van der Waals surface area contributed by atoms with Crippen molar-refractivity contribution in [2.75, 3.05) is 13.2 Å². The highest BCUT2D eigenvalue weighted by molar-refractivity contribution is 5.77. The summed E-state index contributed by atoms with van der Waals surface area (Å²) in [5.74, 6) is 0.609. The second kappa shape index (κ2) is 8.47. The Labute approximate surface area is 140 Å². The molecule has 5 heteroatoms. The van der Waals surface area contributed by atoms with Gasteiger partial charge in [0.25, 0.3) is 0 Å². The van der Waals surface area contributed by atoms with Gasteiger partial charge in [-0.05, 0) is 50.1 Å². The van der Waals surface area contributed by atoms with Crippen molar-refractivity contribution in [1.29, 1.82) is 0 Å². The van der Waals surface area contributed by atoms with E-state index in [0.717, 1.165) is 16.5 Å². The smallest absolute Gasteiger partial charge is 0.336 e. The molecule has 0 aliphatic rings. The first-order chi connectivity index (χ1) is 11.5. The van der Waals surface area contributed by atoms with Gasteiger partial charge in [0.2, 0.25) is 0 Å². The molecule has 0 saturated carbocycles. The highest BCUT2D eigenvalue weighted by atomic mass is 16.5. The van der Waals surface area contributed by atoms with Gasteiger partial charge in [0.1, 0.15) is 17.9 Å². The lowest BCUT2D eigenvalue weighted by Gasteiger charge is -2.09. The monoisotopic (exact) mass is 330 g/mol. The van der Waals surface area contributed by atoms with E-state index in [2.05, 4.69) is 0 Å². The molecule has 128 valence electrons.